The van der Waals surface area contributed by atoms with Crippen molar-refractivity contribution < 1.29 is 14.6 Å². The Hall–Kier alpha value is -2.33. The van der Waals surface area contributed by atoms with Crippen molar-refractivity contribution >= 4 is 5.91 Å². The molecule has 0 aromatic heterocycles. The van der Waals surface area contributed by atoms with E-state index in [2.05, 4.69) is 5.32 Å². The normalized spacial score (nSPS) is 20.4. The van der Waals surface area contributed by atoms with Gasteiger partial charge in [-0.3, -0.25) is 4.79 Å². The van der Waals surface area contributed by atoms with Crippen LogP contribution in [0.2, 0.25) is 0 Å². The monoisotopic (exact) mass is 283 g/mol. The van der Waals surface area contributed by atoms with Crippen LogP contribution in [0.25, 0.3) is 0 Å². The number of para-hydroxylation sites is 1. The van der Waals surface area contributed by atoms with Gasteiger partial charge in [0, 0.05) is 11.6 Å². The molecule has 0 atom stereocenters. The Morgan fingerprint density at radius 1 is 1.00 bits per heavy atom. The molecule has 1 aliphatic carbocycles. The summed E-state index contributed by atoms with van der Waals surface area (Å²) in [6.07, 6.45) is 1.01. The highest BCUT2D eigenvalue weighted by Crippen LogP contribution is 2.22. The van der Waals surface area contributed by atoms with Crippen LogP contribution in [0.3, 0.4) is 0 Å². The number of carbonyl (C=O) groups excluding carboxylic acids is 1. The minimum Gasteiger partial charge on any atom is -0.457 e. The van der Waals surface area contributed by atoms with Crippen LogP contribution in [0.15, 0.2) is 54.6 Å². The van der Waals surface area contributed by atoms with Crippen LogP contribution in [0.1, 0.15) is 23.2 Å². The summed E-state index contributed by atoms with van der Waals surface area (Å²) in [5.41, 5.74) is 0.594. The highest BCUT2D eigenvalue weighted by Gasteiger charge is 2.28. The predicted octanol–water partition coefficient (Wildman–Crippen LogP) is 2.73. The zero-order valence-corrected chi connectivity index (χ0v) is 11.5. The zero-order chi connectivity index (χ0) is 14.7. The van der Waals surface area contributed by atoms with Crippen LogP contribution in [-0.4, -0.2) is 23.2 Å². The summed E-state index contributed by atoms with van der Waals surface area (Å²) >= 11 is 0. The first-order chi connectivity index (χ1) is 10.2. The van der Waals surface area contributed by atoms with Gasteiger partial charge in [0.2, 0.25) is 0 Å². The number of aliphatic hydroxyl groups is 1. The van der Waals surface area contributed by atoms with E-state index in [0.717, 1.165) is 5.75 Å². The Bertz CT molecular complexity index is 604. The van der Waals surface area contributed by atoms with Crippen LogP contribution >= 0.6 is 0 Å². The fourth-order valence-electron chi connectivity index (χ4n) is 2.27. The van der Waals surface area contributed by atoms with E-state index in [9.17, 15) is 9.90 Å². The van der Waals surface area contributed by atoms with E-state index in [1.807, 2.05) is 30.3 Å². The molecule has 1 aliphatic rings. The number of ether oxygens (including phenoxy) is 1. The molecule has 21 heavy (non-hydrogen) atoms. The third-order valence-electron chi connectivity index (χ3n) is 3.54. The Balaban J connectivity index is 1.60. The first-order valence-electron chi connectivity index (χ1n) is 7.02. The molecule has 0 unspecified atom stereocenters. The number of benzene rings is 2. The zero-order valence-electron chi connectivity index (χ0n) is 11.5. The highest BCUT2D eigenvalue weighted by molar-refractivity contribution is 5.94. The number of hydrogen-bond donors (Lipinski definition) is 2. The van der Waals surface area contributed by atoms with Crippen LogP contribution in [0.5, 0.6) is 11.5 Å². The second kappa shape index (κ2) is 5.97. The third kappa shape index (κ3) is 3.41. The Morgan fingerprint density at radius 2 is 1.62 bits per heavy atom. The van der Waals surface area contributed by atoms with Crippen molar-refractivity contribution in [3.8, 4) is 11.5 Å². The van der Waals surface area contributed by atoms with Crippen LogP contribution in [-0.2, 0) is 0 Å². The quantitative estimate of drug-likeness (QED) is 0.907. The summed E-state index contributed by atoms with van der Waals surface area (Å²) in [7, 11) is 0. The lowest BCUT2D eigenvalue weighted by Crippen LogP contribution is -2.46. The number of amides is 1. The largest absolute Gasteiger partial charge is 0.457 e. The summed E-state index contributed by atoms with van der Waals surface area (Å²) in [6, 6.07) is 16.6. The van der Waals surface area contributed by atoms with Crippen molar-refractivity contribution in [3.05, 3.63) is 60.2 Å². The number of nitrogens with one attached hydrogen (secondary N) is 1. The highest BCUT2D eigenvalue weighted by atomic mass is 16.5. The summed E-state index contributed by atoms with van der Waals surface area (Å²) < 4.78 is 5.68. The van der Waals surface area contributed by atoms with E-state index in [4.69, 9.17) is 4.74 Å². The number of carbonyl (C=O) groups is 1. The minimum atomic E-state index is -0.267. The minimum absolute atomic E-state index is 0.0905. The second-order valence-corrected chi connectivity index (χ2v) is 5.24. The van der Waals surface area contributed by atoms with Crippen molar-refractivity contribution in [1.82, 2.24) is 5.32 Å². The van der Waals surface area contributed by atoms with Crippen molar-refractivity contribution in [2.45, 2.75) is 25.0 Å². The van der Waals surface area contributed by atoms with E-state index in [1.54, 1.807) is 24.3 Å². The van der Waals surface area contributed by atoms with Gasteiger partial charge in [-0.1, -0.05) is 18.2 Å². The van der Waals surface area contributed by atoms with Gasteiger partial charge in [0.1, 0.15) is 11.5 Å². The fraction of sp³-hybridized carbons (Fsp3) is 0.235. The summed E-state index contributed by atoms with van der Waals surface area (Å²) in [4.78, 5) is 12.0. The van der Waals surface area contributed by atoms with Crippen molar-refractivity contribution in [2.75, 3.05) is 0 Å². The van der Waals surface area contributed by atoms with E-state index in [0.29, 0.717) is 24.2 Å². The van der Waals surface area contributed by atoms with Gasteiger partial charge in [-0.2, -0.15) is 0 Å². The number of hydrogen-bond acceptors (Lipinski definition) is 3. The maximum Gasteiger partial charge on any atom is 0.251 e. The number of aliphatic hydroxyl groups excluding tert-OH is 1. The van der Waals surface area contributed by atoms with Gasteiger partial charge in [-0.15, -0.1) is 0 Å². The molecule has 0 heterocycles. The summed E-state index contributed by atoms with van der Waals surface area (Å²) in [5, 5.41) is 12.1. The topological polar surface area (TPSA) is 58.6 Å². The van der Waals surface area contributed by atoms with Crippen molar-refractivity contribution in [2.24, 2.45) is 0 Å². The van der Waals surface area contributed by atoms with Crippen LogP contribution in [0, 0.1) is 0 Å². The van der Waals surface area contributed by atoms with Gasteiger partial charge in [0.25, 0.3) is 5.91 Å². The molecule has 1 saturated carbocycles. The first-order valence-corrected chi connectivity index (χ1v) is 7.02. The number of rotatable bonds is 4. The van der Waals surface area contributed by atoms with Crippen molar-refractivity contribution in [1.29, 1.82) is 0 Å². The molecule has 1 amide bonds. The molecule has 2 aromatic carbocycles. The molecular formula is C17H17NO3. The average Bonchev–Trinajstić information content (AvgIpc) is 2.47. The maximum atomic E-state index is 12.0. The Labute approximate surface area is 123 Å². The van der Waals surface area contributed by atoms with Gasteiger partial charge in [0.15, 0.2) is 0 Å². The van der Waals surface area contributed by atoms with E-state index < -0.39 is 0 Å². The van der Waals surface area contributed by atoms with E-state index >= 15 is 0 Å². The van der Waals surface area contributed by atoms with E-state index in [1.165, 1.54) is 0 Å². The lowest BCUT2D eigenvalue weighted by Gasteiger charge is -2.31. The molecule has 0 saturated heterocycles. The van der Waals surface area contributed by atoms with Gasteiger partial charge in [0.05, 0.1) is 6.10 Å². The average molecular weight is 283 g/mol. The molecule has 2 aromatic rings. The molecule has 4 heteroatoms. The predicted molar refractivity (Wildman–Crippen MR) is 79.5 cm³/mol. The molecule has 0 radical (unpaired) electrons. The summed E-state index contributed by atoms with van der Waals surface area (Å²) in [5.74, 6) is 1.34. The molecular weight excluding hydrogens is 266 g/mol. The SMILES string of the molecule is O=C(NC1CC(O)C1)c1ccc(Oc2ccccc2)cc1. The van der Waals surface area contributed by atoms with Crippen LogP contribution < -0.4 is 10.1 Å². The van der Waals surface area contributed by atoms with Crippen molar-refractivity contribution in [3.63, 3.8) is 0 Å². The van der Waals surface area contributed by atoms with Gasteiger partial charge in [-0.25, -0.2) is 0 Å². The second-order valence-electron chi connectivity index (χ2n) is 5.24. The molecule has 4 nitrogen and oxygen atoms in total. The standard InChI is InChI=1S/C17H17NO3/c19-14-10-13(11-14)18-17(20)12-6-8-16(9-7-12)21-15-4-2-1-3-5-15/h1-9,13-14,19H,10-11H2,(H,18,20). The smallest absolute Gasteiger partial charge is 0.251 e. The first kappa shape index (κ1) is 13.6. The molecule has 0 aliphatic heterocycles. The summed E-state index contributed by atoms with van der Waals surface area (Å²) in [6.45, 7) is 0. The van der Waals surface area contributed by atoms with Gasteiger partial charge in [-0.05, 0) is 49.2 Å². The van der Waals surface area contributed by atoms with Gasteiger partial charge >= 0.3 is 0 Å². The molecule has 3 rings (SSSR count). The Morgan fingerprint density at radius 3 is 2.24 bits per heavy atom. The third-order valence-corrected chi connectivity index (χ3v) is 3.54. The fourth-order valence-corrected chi connectivity index (χ4v) is 2.27. The maximum absolute atomic E-state index is 12.0. The Kier molecular flexibility index (Phi) is 3.88. The molecule has 0 bridgehead atoms. The molecule has 2 N–H and O–H groups in total. The van der Waals surface area contributed by atoms with Gasteiger partial charge < -0.3 is 15.2 Å². The molecule has 0 spiro atoms. The van der Waals surface area contributed by atoms with E-state index in [-0.39, 0.29) is 18.1 Å². The molecule has 1 fully saturated rings. The lowest BCUT2D eigenvalue weighted by atomic mass is 9.89. The molecule has 108 valence electrons. The lowest BCUT2D eigenvalue weighted by molar-refractivity contribution is 0.0562. The van der Waals surface area contributed by atoms with Crippen LogP contribution in [0.4, 0.5) is 0 Å².